The van der Waals surface area contributed by atoms with Crippen molar-refractivity contribution in [3.05, 3.63) is 35.8 Å². The van der Waals surface area contributed by atoms with E-state index >= 15 is 0 Å². The van der Waals surface area contributed by atoms with Gasteiger partial charge in [-0.2, -0.15) is 0 Å². The summed E-state index contributed by atoms with van der Waals surface area (Å²) >= 11 is 0. The third kappa shape index (κ3) is 1.84. The quantitative estimate of drug-likeness (QED) is 0.743. The molecule has 0 aliphatic rings. The molecule has 0 saturated heterocycles. The van der Waals surface area contributed by atoms with Crippen LogP contribution in [-0.4, -0.2) is 9.97 Å². The third-order valence-electron chi connectivity index (χ3n) is 2.68. The molecule has 2 aromatic rings. The highest BCUT2D eigenvalue weighted by Gasteiger charge is 2.07. The summed E-state index contributed by atoms with van der Waals surface area (Å²) in [5.74, 6) is 0.531. The Morgan fingerprint density at radius 2 is 2.13 bits per heavy atom. The molecule has 0 saturated carbocycles. The van der Waals surface area contributed by atoms with E-state index in [9.17, 15) is 0 Å². The van der Waals surface area contributed by atoms with Gasteiger partial charge in [-0.15, -0.1) is 0 Å². The van der Waals surface area contributed by atoms with Gasteiger partial charge in [-0.3, -0.25) is 9.97 Å². The molecule has 2 rings (SSSR count). The molecule has 0 amide bonds. The highest BCUT2D eigenvalue weighted by Crippen LogP contribution is 2.24. The maximum Gasteiger partial charge on any atom is 0.0891 e. The first-order chi connectivity index (χ1) is 7.22. The van der Waals surface area contributed by atoms with Gasteiger partial charge in [-0.05, 0) is 30.0 Å². The van der Waals surface area contributed by atoms with Gasteiger partial charge in [0.15, 0.2) is 0 Å². The normalized spacial score (nSPS) is 11.2. The fourth-order valence-corrected chi connectivity index (χ4v) is 1.82. The molecule has 0 unspecified atom stereocenters. The van der Waals surface area contributed by atoms with Crippen LogP contribution in [0.15, 0.2) is 24.5 Å². The number of nitrogens with zero attached hydrogens (tertiary/aromatic N) is 2. The van der Waals surface area contributed by atoms with Crippen LogP contribution in [0.3, 0.4) is 0 Å². The van der Waals surface area contributed by atoms with E-state index in [1.165, 1.54) is 10.9 Å². The van der Waals surface area contributed by atoms with Gasteiger partial charge in [0.05, 0.1) is 11.7 Å². The first-order valence-electron chi connectivity index (χ1n) is 5.46. The number of aromatic nitrogens is 2. The molecule has 78 valence electrons. The van der Waals surface area contributed by atoms with Gasteiger partial charge in [-0.1, -0.05) is 20.8 Å². The summed E-state index contributed by atoms with van der Waals surface area (Å²) in [6.07, 6.45) is 4.66. The molecule has 0 atom stereocenters. The largest absolute Gasteiger partial charge is 0.262 e. The average molecular weight is 200 g/mol. The molecule has 0 aromatic carbocycles. The van der Waals surface area contributed by atoms with Gasteiger partial charge in [0.1, 0.15) is 0 Å². The molecular formula is C13H16N2. The lowest BCUT2D eigenvalue weighted by Crippen LogP contribution is -1.96. The van der Waals surface area contributed by atoms with Crippen molar-refractivity contribution in [3.8, 4) is 0 Å². The van der Waals surface area contributed by atoms with Crippen LogP contribution >= 0.6 is 0 Å². The smallest absolute Gasteiger partial charge is 0.0891 e. The van der Waals surface area contributed by atoms with E-state index in [-0.39, 0.29) is 0 Å². The molecule has 0 aliphatic carbocycles. The maximum absolute atomic E-state index is 4.57. The van der Waals surface area contributed by atoms with E-state index in [2.05, 4.69) is 42.9 Å². The van der Waals surface area contributed by atoms with E-state index in [4.69, 9.17) is 0 Å². The summed E-state index contributed by atoms with van der Waals surface area (Å²) < 4.78 is 0. The van der Waals surface area contributed by atoms with Gasteiger partial charge in [0.2, 0.25) is 0 Å². The molecule has 0 radical (unpaired) electrons. The number of hydrogen-bond donors (Lipinski definition) is 0. The van der Waals surface area contributed by atoms with Crippen LogP contribution in [0, 0.1) is 0 Å². The van der Waals surface area contributed by atoms with E-state index in [1.807, 2.05) is 12.4 Å². The molecule has 15 heavy (non-hydrogen) atoms. The summed E-state index contributed by atoms with van der Waals surface area (Å²) in [5, 5.41) is 1.23. The Morgan fingerprint density at radius 1 is 1.33 bits per heavy atom. The number of pyridine rings is 2. The number of aryl methyl sites for hydroxylation is 1. The molecule has 0 fully saturated rings. The predicted molar refractivity (Wildman–Crippen MR) is 63.0 cm³/mol. The van der Waals surface area contributed by atoms with Crippen LogP contribution in [0.25, 0.3) is 10.9 Å². The highest BCUT2D eigenvalue weighted by molar-refractivity contribution is 5.81. The first kappa shape index (κ1) is 10.1. The van der Waals surface area contributed by atoms with Gasteiger partial charge in [-0.25, -0.2) is 0 Å². The van der Waals surface area contributed by atoms with Gasteiger partial charge < -0.3 is 0 Å². The van der Waals surface area contributed by atoms with Crippen molar-refractivity contribution in [2.75, 3.05) is 0 Å². The lowest BCUT2D eigenvalue weighted by atomic mass is 9.98. The molecule has 2 heteroatoms. The minimum absolute atomic E-state index is 0.531. The Kier molecular flexibility index (Phi) is 2.67. The summed E-state index contributed by atoms with van der Waals surface area (Å²) in [5.41, 5.74) is 3.54. The van der Waals surface area contributed by atoms with Crippen LogP contribution in [0.4, 0.5) is 0 Å². The lowest BCUT2D eigenvalue weighted by molar-refractivity contribution is 0.866. The summed E-state index contributed by atoms with van der Waals surface area (Å²) in [6.45, 7) is 6.57. The minimum atomic E-state index is 0.531. The van der Waals surface area contributed by atoms with Crippen molar-refractivity contribution < 1.29 is 0 Å². The Bertz CT molecular complexity index is 475. The Hall–Kier alpha value is -1.44. The van der Waals surface area contributed by atoms with Crippen LogP contribution in [-0.2, 0) is 6.42 Å². The zero-order chi connectivity index (χ0) is 10.8. The van der Waals surface area contributed by atoms with Gasteiger partial charge >= 0.3 is 0 Å². The van der Waals surface area contributed by atoms with Crippen LogP contribution in [0.2, 0.25) is 0 Å². The standard InChI is InChI=1S/C13H16N2/c1-4-10-7-12(9(2)3)11-5-6-14-8-13(11)15-10/h5-9H,4H2,1-3H3. The second-order valence-electron chi connectivity index (χ2n) is 4.10. The predicted octanol–water partition coefficient (Wildman–Crippen LogP) is 3.32. The molecular weight excluding hydrogens is 184 g/mol. The number of hydrogen-bond acceptors (Lipinski definition) is 2. The van der Waals surface area contributed by atoms with E-state index in [0.717, 1.165) is 17.6 Å². The number of rotatable bonds is 2. The van der Waals surface area contributed by atoms with E-state index in [0.29, 0.717) is 5.92 Å². The van der Waals surface area contributed by atoms with Crippen molar-refractivity contribution in [1.29, 1.82) is 0 Å². The summed E-state index contributed by atoms with van der Waals surface area (Å²) in [4.78, 5) is 8.70. The first-order valence-corrected chi connectivity index (χ1v) is 5.46. The van der Waals surface area contributed by atoms with Gasteiger partial charge in [0, 0.05) is 17.3 Å². The van der Waals surface area contributed by atoms with Crippen LogP contribution < -0.4 is 0 Å². The van der Waals surface area contributed by atoms with Crippen molar-refractivity contribution in [3.63, 3.8) is 0 Å². The highest BCUT2D eigenvalue weighted by atomic mass is 14.7. The topological polar surface area (TPSA) is 25.8 Å². The van der Waals surface area contributed by atoms with Gasteiger partial charge in [0.25, 0.3) is 0 Å². The summed E-state index contributed by atoms with van der Waals surface area (Å²) in [7, 11) is 0. The van der Waals surface area contributed by atoms with Crippen LogP contribution in [0.5, 0.6) is 0 Å². The Balaban J connectivity index is 2.74. The zero-order valence-electron chi connectivity index (χ0n) is 9.49. The molecule has 0 N–H and O–H groups in total. The molecule has 2 heterocycles. The van der Waals surface area contributed by atoms with Crippen molar-refractivity contribution in [2.24, 2.45) is 0 Å². The fraction of sp³-hybridized carbons (Fsp3) is 0.385. The lowest BCUT2D eigenvalue weighted by Gasteiger charge is -2.11. The molecule has 0 aliphatic heterocycles. The van der Waals surface area contributed by atoms with Crippen molar-refractivity contribution >= 4 is 10.9 Å². The fourth-order valence-electron chi connectivity index (χ4n) is 1.82. The molecule has 0 bridgehead atoms. The van der Waals surface area contributed by atoms with E-state index in [1.54, 1.807) is 0 Å². The van der Waals surface area contributed by atoms with E-state index < -0.39 is 0 Å². The second kappa shape index (κ2) is 3.97. The zero-order valence-corrected chi connectivity index (χ0v) is 9.49. The second-order valence-corrected chi connectivity index (χ2v) is 4.10. The molecule has 2 nitrogen and oxygen atoms in total. The van der Waals surface area contributed by atoms with Crippen LogP contribution in [0.1, 0.15) is 37.9 Å². The average Bonchev–Trinajstić information content (AvgIpc) is 2.27. The summed E-state index contributed by atoms with van der Waals surface area (Å²) in [6, 6.07) is 4.27. The SMILES string of the molecule is CCc1cc(C(C)C)c2ccncc2n1. The molecule has 0 spiro atoms. The third-order valence-corrected chi connectivity index (χ3v) is 2.68. The van der Waals surface area contributed by atoms with Crippen molar-refractivity contribution in [2.45, 2.75) is 33.1 Å². The molecule has 2 aromatic heterocycles. The Labute approximate surface area is 90.4 Å². The monoisotopic (exact) mass is 200 g/mol. The minimum Gasteiger partial charge on any atom is -0.262 e. The maximum atomic E-state index is 4.57. The number of fused-ring (bicyclic) bond motifs is 1. The Morgan fingerprint density at radius 3 is 2.80 bits per heavy atom. The van der Waals surface area contributed by atoms with Crippen molar-refractivity contribution in [1.82, 2.24) is 9.97 Å².